The van der Waals surface area contributed by atoms with Crippen LogP contribution in [0.3, 0.4) is 0 Å². The van der Waals surface area contributed by atoms with Crippen LogP contribution in [0.4, 0.5) is 0 Å². The van der Waals surface area contributed by atoms with Crippen molar-refractivity contribution in [2.75, 3.05) is 6.54 Å². The fourth-order valence-corrected chi connectivity index (χ4v) is 2.10. The standard InChI is InChI=1S/C9H10N2O2.C4H8S2/c12-8-4-5-9(13)11(8)10-6-2-1-3-7-10;1-2-3-4(5)6/h1-3,6H,4-5,7H2;2-3H2,1H3,(H,5,6). The quantitative estimate of drug-likeness (QED) is 0.494. The molecule has 2 heterocycles. The maximum Gasteiger partial charge on any atom is 0.248 e. The number of hydrogen-bond acceptors (Lipinski definition) is 4. The largest absolute Gasteiger partial charge is 0.279 e. The van der Waals surface area contributed by atoms with Gasteiger partial charge in [-0.05, 0) is 12.5 Å². The molecule has 0 atom stereocenters. The van der Waals surface area contributed by atoms with E-state index in [1.165, 1.54) is 5.01 Å². The van der Waals surface area contributed by atoms with Gasteiger partial charge in [0.15, 0.2) is 0 Å². The molecule has 19 heavy (non-hydrogen) atoms. The molecule has 1 fully saturated rings. The molecule has 0 saturated carbocycles. The lowest BCUT2D eigenvalue weighted by Crippen LogP contribution is -2.43. The Hall–Kier alpha value is -1.14. The lowest BCUT2D eigenvalue weighted by molar-refractivity contribution is -0.152. The average molecular weight is 298 g/mol. The molecule has 4 nitrogen and oxygen atoms in total. The zero-order valence-corrected chi connectivity index (χ0v) is 12.6. The number of allylic oxidation sites excluding steroid dienone is 2. The van der Waals surface area contributed by atoms with Crippen molar-refractivity contribution >= 4 is 40.9 Å². The molecule has 1 saturated heterocycles. The maximum absolute atomic E-state index is 11.3. The molecule has 0 aromatic carbocycles. The highest BCUT2D eigenvalue weighted by atomic mass is 32.1. The van der Waals surface area contributed by atoms with Crippen molar-refractivity contribution in [3.05, 3.63) is 24.4 Å². The van der Waals surface area contributed by atoms with E-state index in [0.29, 0.717) is 19.4 Å². The second-order valence-electron chi connectivity index (χ2n) is 4.13. The van der Waals surface area contributed by atoms with Crippen LogP contribution in [0.25, 0.3) is 0 Å². The number of nitrogens with zero attached hydrogens (tertiary/aromatic N) is 2. The van der Waals surface area contributed by atoms with E-state index in [-0.39, 0.29) is 11.8 Å². The van der Waals surface area contributed by atoms with Crippen molar-refractivity contribution < 1.29 is 9.59 Å². The van der Waals surface area contributed by atoms with Crippen LogP contribution in [-0.2, 0) is 9.59 Å². The molecule has 2 rings (SSSR count). The van der Waals surface area contributed by atoms with E-state index in [1.54, 1.807) is 11.2 Å². The zero-order chi connectivity index (χ0) is 14.3. The van der Waals surface area contributed by atoms with Crippen molar-refractivity contribution in [3.63, 3.8) is 0 Å². The van der Waals surface area contributed by atoms with Crippen LogP contribution in [0.2, 0.25) is 0 Å². The summed E-state index contributed by atoms with van der Waals surface area (Å²) in [5, 5.41) is 2.86. The summed E-state index contributed by atoms with van der Waals surface area (Å²) >= 11 is 8.57. The van der Waals surface area contributed by atoms with Gasteiger partial charge in [0.1, 0.15) is 0 Å². The predicted molar refractivity (Wildman–Crippen MR) is 82.6 cm³/mol. The van der Waals surface area contributed by atoms with Gasteiger partial charge in [0.2, 0.25) is 11.8 Å². The number of carbonyl (C=O) groups is 2. The lowest BCUT2D eigenvalue weighted by atomic mass is 10.4. The molecule has 0 unspecified atom stereocenters. The molecular formula is C13H18N2O2S2. The summed E-state index contributed by atoms with van der Waals surface area (Å²) in [7, 11) is 0. The van der Waals surface area contributed by atoms with Crippen LogP contribution < -0.4 is 0 Å². The number of carbonyl (C=O) groups excluding carboxylic acids is 2. The highest BCUT2D eigenvalue weighted by Gasteiger charge is 2.32. The Labute approximate surface area is 124 Å². The smallest absolute Gasteiger partial charge is 0.248 e. The third kappa shape index (κ3) is 5.16. The van der Waals surface area contributed by atoms with Crippen LogP contribution in [0.5, 0.6) is 0 Å². The third-order valence-electron chi connectivity index (χ3n) is 2.54. The van der Waals surface area contributed by atoms with Gasteiger partial charge in [-0.2, -0.15) is 5.01 Å². The van der Waals surface area contributed by atoms with Crippen LogP contribution in [0.1, 0.15) is 32.6 Å². The van der Waals surface area contributed by atoms with E-state index in [9.17, 15) is 9.59 Å². The summed E-state index contributed by atoms with van der Waals surface area (Å²) in [6.07, 6.45) is 10.1. The Kier molecular flexibility index (Phi) is 6.80. The van der Waals surface area contributed by atoms with Crippen molar-refractivity contribution in [2.45, 2.75) is 32.6 Å². The number of imide groups is 1. The number of hydrogen-bond donors (Lipinski definition) is 1. The number of hydrazine groups is 1. The first-order chi connectivity index (χ1) is 9.06. The molecule has 2 amide bonds. The Balaban J connectivity index is 0.000000258. The monoisotopic (exact) mass is 298 g/mol. The molecule has 2 aliphatic heterocycles. The maximum atomic E-state index is 11.3. The molecule has 0 aliphatic carbocycles. The second-order valence-corrected chi connectivity index (χ2v) is 5.47. The molecule has 0 spiro atoms. The third-order valence-corrected chi connectivity index (χ3v) is 2.97. The van der Waals surface area contributed by atoms with Gasteiger partial charge in [-0.15, -0.1) is 12.6 Å². The molecule has 0 radical (unpaired) electrons. The molecule has 104 valence electrons. The number of amides is 2. The Morgan fingerprint density at radius 3 is 2.32 bits per heavy atom. The summed E-state index contributed by atoms with van der Waals surface area (Å²) in [5.41, 5.74) is 0. The van der Waals surface area contributed by atoms with Gasteiger partial charge < -0.3 is 0 Å². The minimum Gasteiger partial charge on any atom is -0.279 e. The fraction of sp³-hybridized carbons (Fsp3) is 0.462. The van der Waals surface area contributed by atoms with Gasteiger partial charge in [-0.25, -0.2) is 0 Å². The van der Waals surface area contributed by atoms with Gasteiger partial charge in [-0.3, -0.25) is 14.6 Å². The van der Waals surface area contributed by atoms with E-state index in [0.717, 1.165) is 17.0 Å². The molecular weight excluding hydrogens is 280 g/mol. The van der Waals surface area contributed by atoms with Gasteiger partial charge in [0.25, 0.3) is 0 Å². The zero-order valence-electron chi connectivity index (χ0n) is 10.9. The Bertz CT molecular complexity index is 403. The van der Waals surface area contributed by atoms with E-state index in [2.05, 4.69) is 31.8 Å². The topological polar surface area (TPSA) is 40.6 Å². The number of thiol groups is 1. The van der Waals surface area contributed by atoms with Crippen LogP contribution in [-0.4, -0.2) is 32.6 Å². The summed E-state index contributed by atoms with van der Waals surface area (Å²) < 4.78 is 0.817. The average Bonchev–Trinajstić information content (AvgIpc) is 2.71. The predicted octanol–water partition coefficient (Wildman–Crippen LogP) is 2.48. The summed E-state index contributed by atoms with van der Waals surface area (Å²) in [6.45, 7) is 2.68. The first-order valence-corrected chi connectivity index (χ1v) is 7.09. The lowest BCUT2D eigenvalue weighted by Gasteiger charge is -2.28. The van der Waals surface area contributed by atoms with Gasteiger partial charge >= 0.3 is 0 Å². The summed E-state index contributed by atoms with van der Waals surface area (Å²) in [6, 6.07) is 0. The van der Waals surface area contributed by atoms with Gasteiger partial charge in [0, 0.05) is 23.2 Å². The minimum absolute atomic E-state index is 0.107. The Morgan fingerprint density at radius 1 is 1.32 bits per heavy atom. The number of thiocarbonyl (C=S) groups is 1. The Morgan fingerprint density at radius 2 is 1.95 bits per heavy atom. The molecule has 0 N–H and O–H groups in total. The van der Waals surface area contributed by atoms with E-state index < -0.39 is 0 Å². The summed E-state index contributed by atoms with van der Waals surface area (Å²) in [5.74, 6) is -0.213. The molecule has 6 heteroatoms. The highest BCUT2D eigenvalue weighted by Crippen LogP contribution is 2.16. The normalized spacial score (nSPS) is 17.6. The van der Waals surface area contributed by atoms with Crippen molar-refractivity contribution in [2.24, 2.45) is 0 Å². The van der Waals surface area contributed by atoms with Crippen molar-refractivity contribution in [3.8, 4) is 0 Å². The van der Waals surface area contributed by atoms with Gasteiger partial charge in [0.05, 0.1) is 6.54 Å². The SMILES string of the molecule is CCCC(=S)S.O=C1CCC(=O)N1N1C=CC=CC1. The second kappa shape index (κ2) is 8.12. The van der Waals surface area contributed by atoms with Crippen molar-refractivity contribution in [1.29, 1.82) is 0 Å². The van der Waals surface area contributed by atoms with E-state index in [1.807, 2.05) is 18.2 Å². The molecule has 0 aromatic rings. The number of rotatable bonds is 3. The molecule has 0 aromatic heterocycles. The summed E-state index contributed by atoms with van der Waals surface area (Å²) in [4.78, 5) is 22.6. The fourth-order valence-electron chi connectivity index (χ4n) is 1.67. The molecule has 2 aliphatic rings. The highest BCUT2D eigenvalue weighted by molar-refractivity contribution is 8.11. The van der Waals surface area contributed by atoms with Crippen LogP contribution in [0.15, 0.2) is 24.4 Å². The first kappa shape index (κ1) is 15.9. The van der Waals surface area contributed by atoms with Crippen LogP contribution >= 0.6 is 24.8 Å². The van der Waals surface area contributed by atoms with Crippen molar-refractivity contribution in [1.82, 2.24) is 10.0 Å². The van der Waals surface area contributed by atoms with E-state index in [4.69, 9.17) is 0 Å². The van der Waals surface area contributed by atoms with Crippen LogP contribution in [0, 0.1) is 0 Å². The first-order valence-electron chi connectivity index (χ1n) is 6.23. The molecule has 0 bridgehead atoms. The van der Waals surface area contributed by atoms with Gasteiger partial charge in [-0.1, -0.05) is 37.7 Å². The van der Waals surface area contributed by atoms with E-state index >= 15 is 0 Å². The minimum atomic E-state index is -0.107.